The van der Waals surface area contributed by atoms with Crippen molar-refractivity contribution < 1.29 is 13.9 Å². The van der Waals surface area contributed by atoms with E-state index < -0.39 is 6.04 Å². The molecule has 5 rings (SSSR count). The molecule has 30 heavy (non-hydrogen) atoms. The fourth-order valence-electron chi connectivity index (χ4n) is 4.22. The number of hydrogen-bond acceptors (Lipinski definition) is 4. The van der Waals surface area contributed by atoms with Crippen LogP contribution in [-0.4, -0.2) is 30.1 Å². The summed E-state index contributed by atoms with van der Waals surface area (Å²) in [7, 11) is 0. The van der Waals surface area contributed by atoms with E-state index in [9.17, 15) is 9.59 Å². The third-order valence-electron chi connectivity index (χ3n) is 5.61. The van der Waals surface area contributed by atoms with E-state index in [-0.39, 0.29) is 28.8 Å². The molecule has 8 heteroatoms. The predicted molar refractivity (Wildman–Crippen MR) is 116 cm³/mol. The van der Waals surface area contributed by atoms with Crippen molar-refractivity contribution in [3.63, 3.8) is 0 Å². The van der Waals surface area contributed by atoms with Gasteiger partial charge in [-0.05, 0) is 48.7 Å². The Morgan fingerprint density at radius 1 is 1.03 bits per heavy atom. The van der Waals surface area contributed by atoms with Gasteiger partial charge >= 0.3 is 0 Å². The van der Waals surface area contributed by atoms with Gasteiger partial charge in [0.15, 0.2) is 5.43 Å². The first-order chi connectivity index (χ1) is 14.4. The van der Waals surface area contributed by atoms with E-state index in [2.05, 4.69) is 0 Å². The molecule has 3 heterocycles. The largest absolute Gasteiger partial charge is 0.450 e. The Morgan fingerprint density at radius 2 is 1.87 bits per heavy atom. The summed E-state index contributed by atoms with van der Waals surface area (Å²) < 4.78 is 11.6. The van der Waals surface area contributed by atoms with Crippen LogP contribution < -0.4 is 5.43 Å². The zero-order valence-corrected chi connectivity index (χ0v) is 17.9. The van der Waals surface area contributed by atoms with Crippen molar-refractivity contribution in [1.82, 2.24) is 4.90 Å². The number of ether oxygens (including phenoxy) is 1. The van der Waals surface area contributed by atoms with Gasteiger partial charge in [-0.3, -0.25) is 9.59 Å². The van der Waals surface area contributed by atoms with Crippen LogP contribution >= 0.6 is 34.8 Å². The molecule has 0 radical (unpaired) electrons. The number of benzene rings is 2. The third-order valence-corrected chi connectivity index (χ3v) is 6.59. The van der Waals surface area contributed by atoms with E-state index in [0.717, 1.165) is 12.8 Å². The van der Waals surface area contributed by atoms with Crippen molar-refractivity contribution in [3.05, 3.63) is 78.6 Å². The monoisotopic (exact) mass is 463 g/mol. The number of amides is 1. The highest BCUT2D eigenvalue weighted by molar-refractivity contribution is 6.42. The smallest absolute Gasteiger partial charge is 0.291 e. The molecule has 1 saturated heterocycles. The van der Waals surface area contributed by atoms with Crippen LogP contribution in [0, 0.1) is 0 Å². The van der Waals surface area contributed by atoms with Crippen molar-refractivity contribution in [1.29, 1.82) is 0 Å². The van der Waals surface area contributed by atoms with Gasteiger partial charge in [0.25, 0.3) is 5.91 Å². The molecule has 1 aromatic heterocycles. The Hall–Kier alpha value is -2.05. The molecule has 5 nitrogen and oxygen atoms in total. The van der Waals surface area contributed by atoms with Gasteiger partial charge in [0.1, 0.15) is 5.58 Å². The third kappa shape index (κ3) is 3.21. The molecule has 0 aliphatic carbocycles. The Labute approximate surface area is 187 Å². The Balaban J connectivity index is 1.72. The Kier molecular flexibility index (Phi) is 5.02. The average Bonchev–Trinajstić information content (AvgIpc) is 3.33. The van der Waals surface area contributed by atoms with E-state index in [4.69, 9.17) is 44.0 Å². The first-order valence-corrected chi connectivity index (χ1v) is 10.7. The van der Waals surface area contributed by atoms with Crippen LogP contribution in [0.25, 0.3) is 11.0 Å². The highest BCUT2D eigenvalue weighted by Gasteiger charge is 2.44. The molecule has 2 atom stereocenters. The highest BCUT2D eigenvalue weighted by atomic mass is 35.5. The van der Waals surface area contributed by atoms with Gasteiger partial charge in [0, 0.05) is 18.2 Å². The molecule has 0 unspecified atom stereocenters. The molecule has 0 bridgehead atoms. The predicted octanol–water partition coefficient (Wildman–Crippen LogP) is 5.48. The lowest BCUT2D eigenvalue weighted by molar-refractivity contribution is 0.0486. The van der Waals surface area contributed by atoms with Gasteiger partial charge in [0.05, 0.1) is 33.1 Å². The number of nitrogens with zero attached hydrogens (tertiary/aromatic N) is 1. The van der Waals surface area contributed by atoms with Crippen LogP contribution in [0.4, 0.5) is 0 Å². The van der Waals surface area contributed by atoms with Crippen molar-refractivity contribution in [3.8, 4) is 0 Å². The van der Waals surface area contributed by atoms with E-state index >= 15 is 0 Å². The normalized spacial score (nSPS) is 20.9. The number of fused-ring (bicyclic) bond motifs is 2. The fourth-order valence-corrected chi connectivity index (χ4v) is 4.70. The SMILES string of the molecule is O=C1c2oc3ccc(Cl)cc3c(=O)c2[C@H](c2ccc(Cl)c(Cl)c2)N1C[C@@H]1CCCO1. The van der Waals surface area contributed by atoms with Crippen LogP contribution in [0.5, 0.6) is 0 Å². The maximum absolute atomic E-state index is 13.4. The molecule has 3 aromatic rings. The first-order valence-electron chi connectivity index (χ1n) is 9.58. The summed E-state index contributed by atoms with van der Waals surface area (Å²) in [5, 5.41) is 1.49. The quantitative estimate of drug-likeness (QED) is 0.515. The molecular formula is C22H16Cl3NO4. The minimum Gasteiger partial charge on any atom is -0.450 e. The zero-order chi connectivity index (χ0) is 21.0. The Morgan fingerprint density at radius 3 is 2.60 bits per heavy atom. The Bertz CT molecular complexity index is 1230. The minimum atomic E-state index is -0.647. The highest BCUT2D eigenvalue weighted by Crippen LogP contribution is 2.40. The van der Waals surface area contributed by atoms with Gasteiger partial charge in [-0.1, -0.05) is 40.9 Å². The lowest BCUT2D eigenvalue weighted by atomic mass is 9.98. The second-order valence-electron chi connectivity index (χ2n) is 7.48. The van der Waals surface area contributed by atoms with Crippen LogP contribution in [-0.2, 0) is 4.74 Å². The molecule has 0 N–H and O–H groups in total. The summed E-state index contributed by atoms with van der Waals surface area (Å²) in [5.74, 6) is -0.297. The van der Waals surface area contributed by atoms with Gasteiger partial charge in [-0.2, -0.15) is 0 Å². The van der Waals surface area contributed by atoms with Crippen molar-refractivity contribution in [2.24, 2.45) is 0 Å². The molecule has 1 fully saturated rings. The van der Waals surface area contributed by atoms with E-state index in [1.165, 1.54) is 0 Å². The summed E-state index contributed by atoms with van der Waals surface area (Å²) in [6.45, 7) is 1.02. The molecule has 2 aliphatic heterocycles. The van der Waals surface area contributed by atoms with Gasteiger partial charge in [-0.15, -0.1) is 0 Å². The average molecular weight is 465 g/mol. The fraction of sp³-hybridized carbons (Fsp3) is 0.273. The van der Waals surface area contributed by atoms with Crippen LogP contribution in [0.3, 0.4) is 0 Å². The summed E-state index contributed by atoms with van der Waals surface area (Å²) in [6, 6.07) is 9.24. The molecule has 154 valence electrons. The second-order valence-corrected chi connectivity index (χ2v) is 8.73. The van der Waals surface area contributed by atoms with Gasteiger partial charge in [0.2, 0.25) is 5.76 Å². The number of hydrogen-bond donors (Lipinski definition) is 0. The summed E-state index contributed by atoms with van der Waals surface area (Å²) >= 11 is 18.4. The number of carbonyl (C=O) groups excluding carboxylic acids is 1. The first kappa shape index (κ1) is 19.9. The van der Waals surface area contributed by atoms with Crippen LogP contribution in [0.2, 0.25) is 15.1 Å². The maximum atomic E-state index is 13.4. The number of halogens is 3. The minimum absolute atomic E-state index is 0.0453. The summed E-state index contributed by atoms with van der Waals surface area (Å²) in [6.07, 6.45) is 1.71. The molecule has 1 amide bonds. The zero-order valence-electron chi connectivity index (χ0n) is 15.7. The summed E-state index contributed by atoms with van der Waals surface area (Å²) in [5.41, 5.74) is 1.01. The maximum Gasteiger partial charge on any atom is 0.291 e. The second kappa shape index (κ2) is 7.57. The van der Waals surface area contributed by atoms with Crippen LogP contribution in [0.15, 0.2) is 45.6 Å². The topological polar surface area (TPSA) is 59.8 Å². The van der Waals surface area contributed by atoms with Crippen molar-refractivity contribution >= 4 is 51.7 Å². The molecule has 0 saturated carbocycles. The summed E-state index contributed by atoms with van der Waals surface area (Å²) in [4.78, 5) is 28.4. The van der Waals surface area contributed by atoms with Crippen molar-refractivity contribution in [2.45, 2.75) is 25.0 Å². The van der Waals surface area contributed by atoms with Crippen LogP contribution in [0.1, 0.15) is 40.6 Å². The molecule has 2 aliphatic rings. The van der Waals surface area contributed by atoms with Crippen molar-refractivity contribution in [2.75, 3.05) is 13.2 Å². The van der Waals surface area contributed by atoms with E-state index in [1.807, 2.05) is 0 Å². The number of carbonyl (C=O) groups is 1. The molecular weight excluding hydrogens is 449 g/mol. The molecule has 2 aromatic carbocycles. The molecule has 0 spiro atoms. The lowest BCUT2D eigenvalue weighted by Crippen LogP contribution is -2.36. The van der Waals surface area contributed by atoms with E-state index in [1.54, 1.807) is 41.3 Å². The number of rotatable bonds is 3. The van der Waals surface area contributed by atoms with Gasteiger partial charge < -0.3 is 14.1 Å². The standard InChI is InChI=1S/C22H16Cl3NO4/c23-12-4-6-17-14(9-12)20(27)18-19(11-3-5-15(24)16(25)8-11)26(22(28)21(18)30-17)10-13-2-1-7-29-13/h3-6,8-9,13,19H,1-2,7,10H2/t13-,19-/m0/s1. The van der Waals surface area contributed by atoms with E-state index in [0.29, 0.717) is 44.8 Å². The lowest BCUT2D eigenvalue weighted by Gasteiger charge is -2.27. The van der Waals surface area contributed by atoms with Gasteiger partial charge in [-0.25, -0.2) is 0 Å².